The van der Waals surface area contributed by atoms with Crippen molar-refractivity contribution in [2.45, 2.75) is 11.8 Å². The van der Waals surface area contributed by atoms with Crippen LogP contribution >= 0.6 is 0 Å². The van der Waals surface area contributed by atoms with Gasteiger partial charge >= 0.3 is 0 Å². The monoisotopic (exact) mass is 352 g/mol. The smallest absolute Gasteiger partial charge is 0.259 e. The van der Waals surface area contributed by atoms with Crippen LogP contribution in [0.3, 0.4) is 0 Å². The molecular formula is C16H17FN2O4S. The van der Waals surface area contributed by atoms with Gasteiger partial charge in [0.1, 0.15) is 11.6 Å². The van der Waals surface area contributed by atoms with Crippen LogP contribution in [0.15, 0.2) is 41.3 Å². The molecule has 0 aliphatic carbocycles. The number of hydrogen-bond donors (Lipinski definition) is 2. The number of carbonyl (C=O) groups is 1. The highest BCUT2D eigenvalue weighted by Crippen LogP contribution is 2.23. The van der Waals surface area contributed by atoms with Crippen LogP contribution in [0.4, 0.5) is 10.1 Å². The van der Waals surface area contributed by atoms with Crippen LogP contribution in [0, 0.1) is 12.7 Å². The molecule has 2 aromatic rings. The summed E-state index contributed by atoms with van der Waals surface area (Å²) in [5, 5.41) is 2.55. The number of aryl methyl sites for hydroxylation is 1. The molecule has 0 aromatic heterocycles. The lowest BCUT2D eigenvalue weighted by Gasteiger charge is -2.12. The summed E-state index contributed by atoms with van der Waals surface area (Å²) in [5.74, 6) is -0.976. The Bertz CT molecular complexity index is 882. The molecule has 2 rings (SSSR count). The molecule has 0 saturated heterocycles. The molecule has 0 fully saturated rings. The summed E-state index contributed by atoms with van der Waals surface area (Å²) in [6, 6.07) is 8.05. The maximum Gasteiger partial charge on any atom is 0.259 e. The van der Waals surface area contributed by atoms with Crippen molar-refractivity contribution in [1.29, 1.82) is 0 Å². The normalized spacial score (nSPS) is 11.2. The second-order valence-electron chi connectivity index (χ2n) is 4.99. The van der Waals surface area contributed by atoms with Crippen LogP contribution in [-0.2, 0) is 10.0 Å². The van der Waals surface area contributed by atoms with E-state index in [4.69, 9.17) is 4.74 Å². The highest BCUT2D eigenvalue weighted by Gasteiger charge is 2.18. The number of carbonyl (C=O) groups excluding carboxylic acids is 1. The zero-order chi connectivity index (χ0) is 17.9. The van der Waals surface area contributed by atoms with Gasteiger partial charge in [-0.15, -0.1) is 0 Å². The average molecular weight is 352 g/mol. The Kier molecular flexibility index (Phi) is 5.20. The van der Waals surface area contributed by atoms with E-state index in [0.717, 1.165) is 6.07 Å². The third-order valence-corrected chi connectivity index (χ3v) is 4.97. The average Bonchev–Trinajstić information content (AvgIpc) is 2.56. The van der Waals surface area contributed by atoms with E-state index in [0.29, 0.717) is 5.56 Å². The molecule has 6 nitrogen and oxygen atoms in total. The van der Waals surface area contributed by atoms with E-state index in [2.05, 4.69) is 10.0 Å². The molecule has 2 aromatic carbocycles. The second kappa shape index (κ2) is 6.98. The van der Waals surface area contributed by atoms with Crippen LogP contribution in [0.25, 0.3) is 0 Å². The van der Waals surface area contributed by atoms with Gasteiger partial charge in [0.05, 0.1) is 17.6 Å². The summed E-state index contributed by atoms with van der Waals surface area (Å²) in [6.07, 6.45) is 0. The van der Waals surface area contributed by atoms with Gasteiger partial charge in [0.15, 0.2) is 0 Å². The lowest BCUT2D eigenvalue weighted by atomic mass is 10.1. The Hall–Kier alpha value is -2.45. The van der Waals surface area contributed by atoms with Crippen LogP contribution in [0.1, 0.15) is 15.9 Å². The minimum Gasteiger partial charge on any atom is -0.496 e. The number of sulfonamides is 1. The number of nitrogens with one attached hydrogen (secondary N) is 2. The maximum absolute atomic E-state index is 13.4. The fourth-order valence-corrected chi connectivity index (χ4v) is 3.13. The van der Waals surface area contributed by atoms with Crippen molar-refractivity contribution in [1.82, 2.24) is 4.72 Å². The Morgan fingerprint density at radius 1 is 1.17 bits per heavy atom. The molecule has 0 atom stereocenters. The number of rotatable bonds is 5. The molecule has 0 unspecified atom stereocenters. The van der Waals surface area contributed by atoms with Crippen molar-refractivity contribution in [2.24, 2.45) is 0 Å². The quantitative estimate of drug-likeness (QED) is 0.865. The number of ether oxygens (including phenoxy) is 1. The summed E-state index contributed by atoms with van der Waals surface area (Å²) in [6.45, 7) is 1.64. The molecule has 0 saturated carbocycles. The van der Waals surface area contributed by atoms with E-state index in [-0.39, 0.29) is 21.9 Å². The van der Waals surface area contributed by atoms with E-state index >= 15 is 0 Å². The Morgan fingerprint density at radius 2 is 1.88 bits per heavy atom. The van der Waals surface area contributed by atoms with Crippen molar-refractivity contribution in [3.63, 3.8) is 0 Å². The number of benzene rings is 2. The van der Waals surface area contributed by atoms with E-state index in [1.807, 2.05) is 0 Å². The lowest BCUT2D eigenvalue weighted by Crippen LogP contribution is -2.20. The molecule has 8 heteroatoms. The summed E-state index contributed by atoms with van der Waals surface area (Å²) < 4.78 is 44.6. The van der Waals surface area contributed by atoms with Crippen molar-refractivity contribution < 1.29 is 22.3 Å². The molecule has 0 spiro atoms. The first-order valence-electron chi connectivity index (χ1n) is 6.97. The first-order chi connectivity index (χ1) is 11.3. The van der Waals surface area contributed by atoms with Crippen molar-refractivity contribution in [2.75, 3.05) is 19.5 Å². The van der Waals surface area contributed by atoms with Crippen molar-refractivity contribution >= 4 is 21.6 Å². The molecular weight excluding hydrogens is 335 g/mol. The van der Waals surface area contributed by atoms with E-state index in [1.165, 1.54) is 32.4 Å². The fraction of sp³-hybridized carbons (Fsp3) is 0.188. The van der Waals surface area contributed by atoms with Gasteiger partial charge in [0.25, 0.3) is 5.91 Å². The molecule has 128 valence electrons. The molecule has 0 aliphatic rings. The standard InChI is InChI=1S/C16H17FN2O4S/c1-10-4-6-12(9-15(10)24(21,22)18-2)19-16(20)13-8-11(17)5-7-14(13)23-3/h4-9,18H,1-3H3,(H,19,20). The van der Waals surface area contributed by atoms with E-state index in [9.17, 15) is 17.6 Å². The number of hydrogen-bond acceptors (Lipinski definition) is 4. The van der Waals surface area contributed by atoms with Gasteiger partial charge in [0.2, 0.25) is 10.0 Å². The van der Waals surface area contributed by atoms with Crippen LogP contribution in [-0.4, -0.2) is 28.5 Å². The first kappa shape index (κ1) is 17.9. The maximum atomic E-state index is 13.4. The molecule has 2 N–H and O–H groups in total. The number of halogens is 1. The topological polar surface area (TPSA) is 84.5 Å². The molecule has 0 heterocycles. The number of anilines is 1. The SMILES string of the molecule is CNS(=O)(=O)c1cc(NC(=O)c2cc(F)ccc2OC)ccc1C. The lowest BCUT2D eigenvalue weighted by molar-refractivity contribution is 0.102. The van der Waals surface area contributed by atoms with Gasteiger partial charge in [-0.25, -0.2) is 17.5 Å². The minimum atomic E-state index is -3.66. The van der Waals surface area contributed by atoms with Crippen molar-refractivity contribution in [3.8, 4) is 5.75 Å². The van der Waals surface area contributed by atoms with E-state index in [1.54, 1.807) is 19.1 Å². The van der Waals surface area contributed by atoms with Gasteiger partial charge in [-0.1, -0.05) is 6.07 Å². The van der Waals surface area contributed by atoms with Gasteiger partial charge in [-0.3, -0.25) is 4.79 Å². The predicted molar refractivity (Wildman–Crippen MR) is 88.3 cm³/mol. The summed E-state index contributed by atoms with van der Waals surface area (Å²) in [5.41, 5.74) is 0.813. The fourth-order valence-electron chi connectivity index (χ4n) is 2.13. The molecule has 0 aliphatic heterocycles. The largest absolute Gasteiger partial charge is 0.496 e. The van der Waals surface area contributed by atoms with Gasteiger partial charge < -0.3 is 10.1 Å². The predicted octanol–water partition coefficient (Wildman–Crippen LogP) is 2.30. The summed E-state index contributed by atoms with van der Waals surface area (Å²) in [7, 11) is -0.986. The van der Waals surface area contributed by atoms with Crippen molar-refractivity contribution in [3.05, 3.63) is 53.3 Å². The zero-order valence-electron chi connectivity index (χ0n) is 13.4. The Balaban J connectivity index is 2.37. The molecule has 1 amide bonds. The highest BCUT2D eigenvalue weighted by atomic mass is 32.2. The number of methoxy groups -OCH3 is 1. The first-order valence-corrected chi connectivity index (χ1v) is 8.46. The molecule has 0 radical (unpaired) electrons. The third kappa shape index (κ3) is 3.72. The second-order valence-corrected chi connectivity index (χ2v) is 6.84. The number of amides is 1. The van der Waals surface area contributed by atoms with Crippen LogP contribution in [0.5, 0.6) is 5.75 Å². The Labute approximate surface area is 139 Å². The molecule has 0 bridgehead atoms. The highest BCUT2D eigenvalue weighted by molar-refractivity contribution is 7.89. The zero-order valence-corrected chi connectivity index (χ0v) is 14.2. The van der Waals surface area contributed by atoms with Gasteiger partial charge in [-0.2, -0.15) is 0 Å². The van der Waals surface area contributed by atoms with Crippen LogP contribution in [0.2, 0.25) is 0 Å². The van der Waals surface area contributed by atoms with E-state index < -0.39 is 21.7 Å². The molecule has 24 heavy (non-hydrogen) atoms. The third-order valence-electron chi connectivity index (χ3n) is 3.41. The van der Waals surface area contributed by atoms with Gasteiger partial charge in [0, 0.05) is 5.69 Å². The summed E-state index contributed by atoms with van der Waals surface area (Å²) >= 11 is 0. The minimum absolute atomic E-state index is 0.0103. The Morgan fingerprint density at radius 3 is 2.50 bits per heavy atom. The van der Waals surface area contributed by atoms with Crippen LogP contribution < -0.4 is 14.8 Å². The van der Waals surface area contributed by atoms with Gasteiger partial charge in [-0.05, 0) is 49.9 Å². The summed E-state index contributed by atoms with van der Waals surface area (Å²) in [4.78, 5) is 12.4.